The second kappa shape index (κ2) is 10.2. The average molecular weight is 437 g/mol. The molecule has 1 saturated heterocycles. The van der Waals surface area contributed by atoms with Crippen molar-refractivity contribution in [1.29, 1.82) is 0 Å². The number of likely N-dealkylation sites (N-methyl/N-ethyl adjacent to an activating group) is 1. The fourth-order valence-corrected chi connectivity index (χ4v) is 4.50. The van der Waals surface area contributed by atoms with E-state index in [0.29, 0.717) is 6.54 Å². The van der Waals surface area contributed by atoms with Crippen LogP contribution in [0.25, 0.3) is 0 Å². The van der Waals surface area contributed by atoms with Gasteiger partial charge in [0.2, 0.25) is 0 Å². The molecular formula is C22H40N4O3Si. The van der Waals surface area contributed by atoms with E-state index >= 15 is 0 Å². The number of hydrogen-bond donors (Lipinski definition) is 0. The van der Waals surface area contributed by atoms with Gasteiger partial charge in [-0.1, -0.05) is 20.8 Å². The molecule has 1 fully saturated rings. The molecule has 2 rings (SSSR count). The molecule has 30 heavy (non-hydrogen) atoms. The zero-order valence-corrected chi connectivity index (χ0v) is 20.9. The molecule has 0 bridgehead atoms. The first kappa shape index (κ1) is 24.8. The first-order chi connectivity index (χ1) is 13.9. The van der Waals surface area contributed by atoms with E-state index in [2.05, 4.69) is 62.7 Å². The molecular weight excluding hydrogens is 396 g/mol. The summed E-state index contributed by atoms with van der Waals surface area (Å²) >= 11 is 0. The zero-order valence-electron chi connectivity index (χ0n) is 19.9. The van der Waals surface area contributed by atoms with Crippen LogP contribution in [0, 0.1) is 10.1 Å². The van der Waals surface area contributed by atoms with E-state index in [0.717, 1.165) is 57.0 Å². The minimum Gasteiger partial charge on any atom is -0.417 e. The summed E-state index contributed by atoms with van der Waals surface area (Å²) in [6, 6.07) is 5.30. The van der Waals surface area contributed by atoms with Crippen LogP contribution in [0.15, 0.2) is 18.2 Å². The third-order valence-electron chi connectivity index (χ3n) is 6.51. The Morgan fingerprint density at radius 3 is 2.40 bits per heavy atom. The third kappa shape index (κ3) is 6.77. The van der Waals surface area contributed by atoms with Crippen LogP contribution in [0.1, 0.15) is 32.8 Å². The highest BCUT2D eigenvalue weighted by Gasteiger charge is 2.36. The molecule has 1 aromatic rings. The lowest BCUT2D eigenvalue weighted by Crippen LogP contribution is -2.45. The first-order valence-electron chi connectivity index (χ1n) is 10.9. The molecule has 0 amide bonds. The molecule has 1 heterocycles. The van der Waals surface area contributed by atoms with Crippen LogP contribution in [0.2, 0.25) is 18.1 Å². The minimum atomic E-state index is -1.71. The molecule has 0 spiro atoms. The fourth-order valence-electron chi connectivity index (χ4n) is 3.42. The Kier molecular flexibility index (Phi) is 8.44. The summed E-state index contributed by atoms with van der Waals surface area (Å²) in [5, 5.41) is 11.5. The van der Waals surface area contributed by atoms with Crippen molar-refractivity contribution in [1.82, 2.24) is 9.80 Å². The molecule has 1 aromatic carbocycles. The molecule has 170 valence electrons. The van der Waals surface area contributed by atoms with Crippen molar-refractivity contribution >= 4 is 19.7 Å². The Balaban J connectivity index is 1.99. The van der Waals surface area contributed by atoms with Crippen LogP contribution in [-0.4, -0.2) is 76.5 Å². The second-order valence-corrected chi connectivity index (χ2v) is 14.9. The van der Waals surface area contributed by atoms with Gasteiger partial charge < -0.3 is 19.1 Å². The highest BCUT2D eigenvalue weighted by atomic mass is 28.4. The van der Waals surface area contributed by atoms with Crippen molar-refractivity contribution in [3.63, 3.8) is 0 Å². The lowest BCUT2D eigenvalue weighted by molar-refractivity contribution is -0.384. The molecule has 0 unspecified atom stereocenters. The standard InChI is InChI=1S/C22H40N4O3Si/c1-22(2,3)30(6,7)29-16-8-11-24(5)18-19-17-20(26(27)28)9-10-21(19)25-14-12-23(4)13-15-25/h9-10,17H,8,11-16,18H2,1-7H3. The van der Waals surface area contributed by atoms with Crippen LogP contribution in [0.4, 0.5) is 11.4 Å². The van der Waals surface area contributed by atoms with Gasteiger partial charge in [-0.15, -0.1) is 0 Å². The summed E-state index contributed by atoms with van der Waals surface area (Å²) in [6.07, 6.45) is 0.960. The third-order valence-corrected chi connectivity index (χ3v) is 11.0. The lowest BCUT2D eigenvalue weighted by Gasteiger charge is -2.36. The SMILES string of the molecule is CN1CCN(c2ccc([N+](=O)[O-])cc2CN(C)CCCO[Si](C)(C)C(C)(C)C)CC1. The maximum absolute atomic E-state index is 11.3. The molecule has 0 aliphatic carbocycles. The van der Waals surface area contributed by atoms with Gasteiger partial charge in [-0.3, -0.25) is 10.1 Å². The Labute approximate surface area is 183 Å². The van der Waals surface area contributed by atoms with Crippen molar-refractivity contribution in [3.8, 4) is 0 Å². The summed E-state index contributed by atoms with van der Waals surface area (Å²) in [5.41, 5.74) is 2.32. The topological polar surface area (TPSA) is 62.1 Å². The van der Waals surface area contributed by atoms with Crippen LogP contribution in [-0.2, 0) is 11.0 Å². The van der Waals surface area contributed by atoms with E-state index < -0.39 is 8.32 Å². The molecule has 8 heteroatoms. The van der Waals surface area contributed by atoms with E-state index in [1.54, 1.807) is 12.1 Å². The summed E-state index contributed by atoms with van der Waals surface area (Å²) in [6.45, 7) is 17.6. The molecule has 0 aromatic heterocycles. The Morgan fingerprint density at radius 1 is 1.20 bits per heavy atom. The van der Waals surface area contributed by atoms with Gasteiger partial charge in [0.25, 0.3) is 5.69 Å². The van der Waals surface area contributed by atoms with Crippen molar-refractivity contribution in [2.75, 3.05) is 58.3 Å². The number of piperazine rings is 1. The van der Waals surface area contributed by atoms with Gasteiger partial charge in [0.05, 0.1) is 4.92 Å². The molecule has 0 atom stereocenters. The monoisotopic (exact) mass is 436 g/mol. The summed E-state index contributed by atoms with van der Waals surface area (Å²) in [5.74, 6) is 0. The van der Waals surface area contributed by atoms with Crippen LogP contribution < -0.4 is 4.90 Å². The quantitative estimate of drug-likeness (QED) is 0.250. The number of benzene rings is 1. The maximum atomic E-state index is 11.3. The number of nitrogens with zero attached hydrogens (tertiary/aromatic N) is 4. The van der Waals surface area contributed by atoms with E-state index in [4.69, 9.17) is 4.43 Å². The fraction of sp³-hybridized carbons (Fsp3) is 0.727. The largest absolute Gasteiger partial charge is 0.417 e. The van der Waals surface area contributed by atoms with Crippen LogP contribution in [0.5, 0.6) is 0 Å². The highest BCUT2D eigenvalue weighted by Crippen LogP contribution is 2.36. The summed E-state index contributed by atoms with van der Waals surface area (Å²) < 4.78 is 6.28. The van der Waals surface area contributed by atoms with Crippen molar-refractivity contribution in [2.45, 2.75) is 51.9 Å². The number of anilines is 1. The molecule has 0 radical (unpaired) electrons. The minimum absolute atomic E-state index is 0.164. The molecule has 7 nitrogen and oxygen atoms in total. The normalized spacial score (nSPS) is 16.3. The average Bonchev–Trinajstić information content (AvgIpc) is 2.65. The Hall–Kier alpha value is -1.48. The lowest BCUT2D eigenvalue weighted by atomic mass is 10.1. The van der Waals surface area contributed by atoms with Gasteiger partial charge in [0, 0.05) is 63.7 Å². The molecule has 0 saturated carbocycles. The number of hydrogen-bond acceptors (Lipinski definition) is 6. The smallest absolute Gasteiger partial charge is 0.269 e. The number of nitro benzene ring substituents is 1. The van der Waals surface area contributed by atoms with Crippen molar-refractivity contribution in [2.24, 2.45) is 0 Å². The van der Waals surface area contributed by atoms with Crippen LogP contribution >= 0.6 is 0 Å². The number of nitro groups is 1. The number of non-ortho nitro benzene ring substituents is 1. The summed E-state index contributed by atoms with van der Waals surface area (Å²) in [7, 11) is 2.50. The van der Waals surface area contributed by atoms with E-state index in [1.807, 2.05) is 6.07 Å². The maximum Gasteiger partial charge on any atom is 0.269 e. The van der Waals surface area contributed by atoms with Gasteiger partial charge in [0.1, 0.15) is 0 Å². The highest BCUT2D eigenvalue weighted by molar-refractivity contribution is 6.74. The Morgan fingerprint density at radius 2 is 1.83 bits per heavy atom. The molecule has 0 N–H and O–H groups in total. The summed E-state index contributed by atoms with van der Waals surface area (Å²) in [4.78, 5) is 17.9. The van der Waals surface area contributed by atoms with Gasteiger partial charge in [-0.25, -0.2) is 0 Å². The van der Waals surface area contributed by atoms with Crippen molar-refractivity contribution in [3.05, 3.63) is 33.9 Å². The van der Waals surface area contributed by atoms with E-state index in [9.17, 15) is 10.1 Å². The first-order valence-corrected chi connectivity index (χ1v) is 13.8. The van der Waals surface area contributed by atoms with Gasteiger partial charge in [-0.2, -0.15) is 0 Å². The molecule has 1 aliphatic heterocycles. The van der Waals surface area contributed by atoms with Gasteiger partial charge in [-0.05, 0) is 50.3 Å². The number of rotatable bonds is 9. The molecule has 1 aliphatic rings. The second-order valence-electron chi connectivity index (χ2n) is 10.1. The zero-order chi connectivity index (χ0) is 22.5. The predicted molar refractivity (Wildman–Crippen MR) is 127 cm³/mol. The predicted octanol–water partition coefficient (Wildman–Crippen LogP) is 4.19. The van der Waals surface area contributed by atoms with Gasteiger partial charge >= 0.3 is 0 Å². The van der Waals surface area contributed by atoms with E-state index in [-0.39, 0.29) is 15.6 Å². The van der Waals surface area contributed by atoms with Crippen molar-refractivity contribution < 1.29 is 9.35 Å². The van der Waals surface area contributed by atoms with E-state index in [1.165, 1.54) is 0 Å². The van der Waals surface area contributed by atoms with Gasteiger partial charge in [0.15, 0.2) is 8.32 Å². The van der Waals surface area contributed by atoms with Crippen LogP contribution in [0.3, 0.4) is 0 Å². The Bertz CT molecular complexity index is 713.